The molecular formula is C20H25FN4O. The van der Waals surface area contributed by atoms with Crippen LogP contribution in [0.1, 0.15) is 18.4 Å². The fraction of sp³-hybridized carbons (Fsp3) is 0.400. The molecule has 0 spiro atoms. The van der Waals surface area contributed by atoms with Crippen molar-refractivity contribution in [1.82, 2.24) is 9.88 Å². The lowest BCUT2D eigenvalue weighted by Crippen LogP contribution is -2.46. The summed E-state index contributed by atoms with van der Waals surface area (Å²) in [5.74, 6) is 0.814. The lowest BCUT2D eigenvalue weighted by molar-refractivity contribution is 0.212. The van der Waals surface area contributed by atoms with E-state index in [1.165, 1.54) is 12.1 Å². The molecule has 2 aromatic rings. The van der Waals surface area contributed by atoms with Crippen LogP contribution in [0.5, 0.6) is 0 Å². The third-order valence-electron chi connectivity index (χ3n) is 4.61. The lowest BCUT2D eigenvalue weighted by Gasteiger charge is -2.35. The van der Waals surface area contributed by atoms with Crippen LogP contribution in [0.15, 0.2) is 53.8 Å². The minimum Gasteiger partial charge on any atom is -0.399 e. The number of oxime groups is 1. The highest BCUT2D eigenvalue weighted by molar-refractivity contribution is 6.00. The standard InChI is InChI=1S/C20H25FN4O/c1-26-23-19(17-7-9-18(21)10-8-17)5-4-12-24-13-15-25(16-14-24)20-6-2-3-11-22-20/h2-3,6-11H,4-5,12-16H2,1H3/b23-19-. The Kier molecular flexibility index (Phi) is 6.55. The third-order valence-corrected chi connectivity index (χ3v) is 4.61. The second kappa shape index (κ2) is 9.29. The lowest BCUT2D eigenvalue weighted by atomic mass is 10.1. The van der Waals surface area contributed by atoms with Crippen molar-refractivity contribution in [3.05, 3.63) is 60.0 Å². The Morgan fingerprint density at radius 2 is 1.88 bits per heavy atom. The largest absolute Gasteiger partial charge is 0.399 e. The molecule has 0 bridgehead atoms. The number of piperazine rings is 1. The number of anilines is 1. The van der Waals surface area contributed by atoms with Crippen molar-refractivity contribution in [1.29, 1.82) is 0 Å². The van der Waals surface area contributed by atoms with Crippen LogP contribution in [0.4, 0.5) is 10.2 Å². The van der Waals surface area contributed by atoms with E-state index < -0.39 is 0 Å². The summed E-state index contributed by atoms with van der Waals surface area (Å²) in [5.41, 5.74) is 1.77. The highest BCUT2D eigenvalue weighted by atomic mass is 19.1. The number of pyridine rings is 1. The van der Waals surface area contributed by atoms with Crippen LogP contribution in [0, 0.1) is 5.82 Å². The van der Waals surface area contributed by atoms with Gasteiger partial charge < -0.3 is 9.74 Å². The smallest absolute Gasteiger partial charge is 0.128 e. The fourth-order valence-electron chi connectivity index (χ4n) is 3.21. The molecule has 1 aliphatic heterocycles. The zero-order valence-corrected chi connectivity index (χ0v) is 15.1. The van der Waals surface area contributed by atoms with E-state index >= 15 is 0 Å². The third kappa shape index (κ3) is 5.02. The van der Waals surface area contributed by atoms with Crippen LogP contribution >= 0.6 is 0 Å². The first kappa shape index (κ1) is 18.3. The normalized spacial score (nSPS) is 15.9. The summed E-state index contributed by atoms with van der Waals surface area (Å²) in [7, 11) is 1.54. The Balaban J connectivity index is 1.46. The quantitative estimate of drug-likeness (QED) is 0.564. The van der Waals surface area contributed by atoms with Gasteiger partial charge in [-0.3, -0.25) is 4.90 Å². The highest BCUT2D eigenvalue weighted by Crippen LogP contribution is 2.14. The molecule has 6 heteroatoms. The minimum atomic E-state index is -0.240. The van der Waals surface area contributed by atoms with Crippen molar-refractivity contribution in [2.24, 2.45) is 5.16 Å². The molecule has 0 radical (unpaired) electrons. The van der Waals surface area contributed by atoms with Crippen molar-refractivity contribution in [3.8, 4) is 0 Å². The molecule has 0 aliphatic carbocycles. The maximum absolute atomic E-state index is 13.1. The number of nitrogens with zero attached hydrogens (tertiary/aromatic N) is 4. The Morgan fingerprint density at radius 3 is 2.54 bits per heavy atom. The van der Waals surface area contributed by atoms with E-state index in [0.717, 1.165) is 62.7 Å². The maximum Gasteiger partial charge on any atom is 0.128 e. The summed E-state index contributed by atoms with van der Waals surface area (Å²) < 4.78 is 13.1. The average Bonchev–Trinajstić information content (AvgIpc) is 2.69. The SMILES string of the molecule is CO/N=C(/CCCN1CCN(c2ccccn2)CC1)c1ccc(F)cc1. The number of hydrogen-bond acceptors (Lipinski definition) is 5. The Hall–Kier alpha value is -2.47. The van der Waals surface area contributed by atoms with E-state index in [2.05, 4.69) is 26.0 Å². The van der Waals surface area contributed by atoms with Gasteiger partial charge in [0.05, 0.1) is 5.71 Å². The van der Waals surface area contributed by atoms with Crippen molar-refractivity contribution < 1.29 is 9.23 Å². The maximum atomic E-state index is 13.1. The summed E-state index contributed by atoms with van der Waals surface area (Å²) in [6.45, 7) is 5.07. The second-order valence-electron chi connectivity index (χ2n) is 6.35. The van der Waals surface area contributed by atoms with Gasteiger partial charge in [-0.1, -0.05) is 23.4 Å². The van der Waals surface area contributed by atoms with Crippen molar-refractivity contribution in [2.45, 2.75) is 12.8 Å². The van der Waals surface area contributed by atoms with Gasteiger partial charge in [-0.15, -0.1) is 0 Å². The van der Waals surface area contributed by atoms with Crippen LogP contribution in [-0.2, 0) is 4.84 Å². The molecule has 26 heavy (non-hydrogen) atoms. The van der Waals surface area contributed by atoms with E-state index in [0.29, 0.717) is 0 Å². The molecule has 1 saturated heterocycles. The molecular weight excluding hydrogens is 331 g/mol. The topological polar surface area (TPSA) is 41.0 Å². The zero-order valence-electron chi connectivity index (χ0n) is 15.1. The van der Waals surface area contributed by atoms with E-state index in [1.807, 2.05) is 18.3 Å². The van der Waals surface area contributed by atoms with E-state index in [1.54, 1.807) is 19.2 Å². The minimum absolute atomic E-state index is 0.240. The Bertz CT molecular complexity index is 698. The van der Waals surface area contributed by atoms with Gasteiger partial charge in [0.1, 0.15) is 18.7 Å². The molecule has 0 unspecified atom stereocenters. The number of aromatic nitrogens is 1. The first-order chi connectivity index (χ1) is 12.8. The monoisotopic (exact) mass is 356 g/mol. The van der Waals surface area contributed by atoms with E-state index in [-0.39, 0.29) is 5.82 Å². The van der Waals surface area contributed by atoms with Gasteiger partial charge in [-0.25, -0.2) is 9.37 Å². The first-order valence-electron chi connectivity index (χ1n) is 9.00. The van der Waals surface area contributed by atoms with E-state index in [9.17, 15) is 4.39 Å². The van der Waals surface area contributed by atoms with Gasteiger partial charge in [-0.2, -0.15) is 0 Å². The molecule has 1 aromatic heterocycles. The number of benzene rings is 1. The molecule has 1 fully saturated rings. The molecule has 0 atom stereocenters. The Morgan fingerprint density at radius 1 is 1.12 bits per heavy atom. The summed E-state index contributed by atoms with van der Waals surface area (Å²) in [6, 6.07) is 12.4. The van der Waals surface area contributed by atoms with Crippen LogP contribution in [0.25, 0.3) is 0 Å². The van der Waals surface area contributed by atoms with Gasteiger partial charge in [0.2, 0.25) is 0 Å². The number of hydrogen-bond donors (Lipinski definition) is 0. The van der Waals surface area contributed by atoms with Crippen molar-refractivity contribution in [2.75, 3.05) is 44.7 Å². The molecule has 138 valence electrons. The molecule has 0 N–H and O–H groups in total. The number of halogens is 1. The zero-order chi connectivity index (χ0) is 18.2. The average molecular weight is 356 g/mol. The van der Waals surface area contributed by atoms with Crippen molar-refractivity contribution in [3.63, 3.8) is 0 Å². The molecule has 5 nitrogen and oxygen atoms in total. The van der Waals surface area contributed by atoms with Crippen LogP contribution in [0.2, 0.25) is 0 Å². The molecule has 1 aliphatic rings. The van der Waals surface area contributed by atoms with Gasteiger partial charge in [0.25, 0.3) is 0 Å². The van der Waals surface area contributed by atoms with Gasteiger partial charge in [-0.05, 0) is 49.2 Å². The number of rotatable bonds is 7. The van der Waals surface area contributed by atoms with E-state index in [4.69, 9.17) is 4.84 Å². The summed E-state index contributed by atoms with van der Waals surface area (Å²) >= 11 is 0. The van der Waals surface area contributed by atoms with Crippen molar-refractivity contribution >= 4 is 11.5 Å². The van der Waals surface area contributed by atoms with Crippen LogP contribution in [-0.4, -0.2) is 55.4 Å². The Labute approximate surface area is 154 Å². The molecule has 0 saturated carbocycles. The first-order valence-corrected chi connectivity index (χ1v) is 9.00. The molecule has 1 aromatic carbocycles. The summed E-state index contributed by atoms with van der Waals surface area (Å²) in [5, 5.41) is 4.12. The summed E-state index contributed by atoms with van der Waals surface area (Å²) in [6.07, 6.45) is 3.64. The van der Waals surface area contributed by atoms with Gasteiger partial charge in [0, 0.05) is 32.4 Å². The van der Waals surface area contributed by atoms with Crippen LogP contribution in [0.3, 0.4) is 0 Å². The predicted molar refractivity (Wildman–Crippen MR) is 102 cm³/mol. The second-order valence-corrected chi connectivity index (χ2v) is 6.35. The highest BCUT2D eigenvalue weighted by Gasteiger charge is 2.17. The molecule has 2 heterocycles. The van der Waals surface area contributed by atoms with Gasteiger partial charge >= 0.3 is 0 Å². The molecule has 3 rings (SSSR count). The molecule has 0 amide bonds. The van der Waals surface area contributed by atoms with Gasteiger partial charge in [0.15, 0.2) is 0 Å². The summed E-state index contributed by atoms with van der Waals surface area (Å²) in [4.78, 5) is 14.2. The van der Waals surface area contributed by atoms with Crippen LogP contribution < -0.4 is 4.90 Å². The fourth-order valence-corrected chi connectivity index (χ4v) is 3.21. The predicted octanol–water partition coefficient (Wildman–Crippen LogP) is 3.17.